The summed E-state index contributed by atoms with van der Waals surface area (Å²) in [6, 6.07) is 0. The lowest BCUT2D eigenvalue weighted by Crippen LogP contribution is -2.29. The number of hydrogen-bond donors (Lipinski definition) is 0. The smallest absolute Gasteiger partial charge is 0.293 e. The SMILES string of the molecule is C=CC1CCC(C)CC1OC=O. The summed E-state index contributed by atoms with van der Waals surface area (Å²) in [4.78, 5) is 10.2. The first kappa shape index (κ1) is 9.30. The van der Waals surface area contributed by atoms with E-state index < -0.39 is 0 Å². The molecule has 1 aliphatic rings. The van der Waals surface area contributed by atoms with Gasteiger partial charge in [0.25, 0.3) is 6.47 Å². The van der Waals surface area contributed by atoms with Gasteiger partial charge in [0, 0.05) is 5.92 Å². The van der Waals surface area contributed by atoms with Crippen LogP contribution < -0.4 is 0 Å². The van der Waals surface area contributed by atoms with Crippen LogP contribution in [0.15, 0.2) is 12.7 Å². The van der Waals surface area contributed by atoms with Gasteiger partial charge in [-0.05, 0) is 25.2 Å². The molecule has 0 amide bonds. The zero-order valence-corrected chi connectivity index (χ0v) is 7.53. The van der Waals surface area contributed by atoms with Crippen LogP contribution in [0.5, 0.6) is 0 Å². The van der Waals surface area contributed by atoms with Crippen molar-refractivity contribution in [3.8, 4) is 0 Å². The van der Waals surface area contributed by atoms with Gasteiger partial charge in [0.05, 0.1) is 0 Å². The van der Waals surface area contributed by atoms with Gasteiger partial charge < -0.3 is 4.74 Å². The van der Waals surface area contributed by atoms with E-state index in [0.717, 1.165) is 12.8 Å². The van der Waals surface area contributed by atoms with Crippen molar-refractivity contribution in [1.82, 2.24) is 0 Å². The fourth-order valence-corrected chi connectivity index (χ4v) is 1.85. The molecule has 0 bridgehead atoms. The predicted molar refractivity (Wildman–Crippen MR) is 47.6 cm³/mol. The topological polar surface area (TPSA) is 26.3 Å². The van der Waals surface area contributed by atoms with E-state index in [2.05, 4.69) is 13.5 Å². The Bertz CT molecular complexity index is 165. The van der Waals surface area contributed by atoms with Gasteiger partial charge in [-0.1, -0.05) is 13.0 Å². The first-order valence-corrected chi connectivity index (χ1v) is 4.49. The third-order valence-electron chi connectivity index (χ3n) is 2.64. The number of carbonyl (C=O) groups excluding carboxylic acids is 1. The summed E-state index contributed by atoms with van der Waals surface area (Å²) in [6.45, 7) is 6.50. The van der Waals surface area contributed by atoms with Crippen molar-refractivity contribution in [1.29, 1.82) is 0 Å². The fourth-order valence-electron chi connectivity index (χ4n) is 1.85. The van der Waals surface area contributed by atoms with Gasteiger partial charge in [0.2, 0.25) is 0 Å². The molecule has 68 valence electrons. The van der Waals surface area contributed by atoms with Gasteiger partial charge in [-0.3, -0.25) is 4.79 Å². The lowest BCUT2D eigenvalue weighted by atomic mass is 9.81. The van der Waals surface area contributed by atoms with Crippen molar-refractivity contribution < 1.29 is 9.53 Å². The van der Waals surface area contributed by atoms with E-state index in [-0.39, 0.29) is 6.10 Å². The summed E-state index contributed by atoms with van der Waals surface area (Å²) in [5, 5.41) is 0. The fraction of sp³-hybridized carbons (Fsp3) is 0.700. The van der Waals surface area contributed by atoms with Gasteiger partial charge in [0.1, 0.15) is 6.10 Å². The Labute approximate surface area is 73.6 Å². The van der Waals surface area contributed by atoms with Gasteiger partial charge in [-0.2, -0.15) is 0 Å². The van der Waals surface area contributed by atoms with Crippen LogP contribution in [0, 0.1) is 11.8 Å². The summed E-state index contributed by atoms with van der Waals surface area (Å²) in [6.07, 6.45) is 5.28. The van der Waals surface area contributed by atoms with Gasteiger partial charge >= 0.3 is 0 Å². The summed E-state index contributed by atoms with van der Waals surface area (Å²) in [5.41, 5.74) is 0. The van der Waals surface area contributed by atoms with E-state index >= 15 is 0 Å². The van der Waals surface area contributed by atoms with Gasteiger partial charge in [0.15, 0.2) is 0 Å². The summed E-state index contributed by atoms with van der Waals surface area (Å²) in [5.74, 6) is 1.04. The van der Waals surface area contributed by atoms with Crippen LogP contribution in [0.4, 0.5) is 0 Å². The third-order valence-corrected chi connectivity index (χ3v) is 2.64. The Balaban J connectivity index is 2.50. The average Bonchev–Trinajstić information content (AvgIpc) is 2.05. The van der Waals surface area contributed by atoms with Crippen molar-refractivity contribution in [2.45, 2.75) is 32.3 Å². The van der Waals surface area contributed by atoms with E-state index in [4.69, 9.17) is 4.74 Å². The minimum Gasteiger partial charge on any atom is -0.464 e. The maximum Gasteiger partial charge on any atom is 0.293 e. The molecule has 0 N–H and O–H groups in total. The van der Waals surface area contributed by atoms with Gasteiger partial charge in [-0.15, -0.1) is 6.58 Å². The maximum atomic E-state index is 10.2. The zero-order chi connectivity index (χ0) is 8.97. The molecule has 12 heavy (non-hydrogen) atoms. The van der Waals surface area contributed by atoms with Crippen molar-refractivity contribution in [2.24, 2.45) is 11.8 Å². The Kier molecular flexibility index (Phi) is 3.32. The molecule has 1 aliphatic carbocycles. The lowest BCUT2D eigenvalue weighted by molar-refractivity contribution is -0.137. The second-order valence-electron chi connectivity index (χ2n) is 3.59. The summed E-state index contributed by atoms with van der Waals surface area (Å²) in [7, 11) is 0. The molecule has 0 radical (unpaired) electrons. The van der Waals surface area contributed by atoms with Crippen LogP contribution in [0.2, 0.25) is 0 Å². The van der Waals surface area contributed by atoms with Crippen LogP contribution in [0.3, 0.4) is 0 Å². The summed E-state index contributed by atoms with van der Waals surface area (Å²) >= 11 is 0. The second kappa shape index (κ2) is 4.29. The quantitative estimate of drug-likeness (QED) is 0.476. The Morgan fingerprint density at radius 3 is 2.83 bits per heavy atom. The first-order valence-electron chi connectivity index (χ1n) is 4.49. The first-order chi connectivity index (χ1) is 5.77. The number of carbonyl (C=O) groups is 1. The monoisotopic (exact) mass is 168 g/mol. The number of hydrogen-bond acceptors (Lipinski definition) is 2. The summed E-state index contributed by atoms with van der Waals surface area (Å²) < 4.78 is 5.00. The van der Waals surface area contributed by atoms with Crippen LogP contribution >= 0.6 is 0 Å². The minimum absolute atomic E-state index is 0.0729. The highest BCUT2D eigenvalue weighted by Gasteiger charge is 2.27. The van der Waals surface area contributed by atoms with E-state index in [1.165, 1.54) is 6.42 Å². The highest BCUT2D eigenvalue weighted by atomic mass is 16.5. The van der Waals surface area contributed by atoms with Crippen LogP contribution in [-0.4, -0.2) is 12.6 Å². The Morgan fingerprint density at radius 1 is 1.50 bits per heavy atom. The van der Waals surface area contributed by atoms with Gasteiger partial charge in [-0.25, -0.2) is 0 Å². The molecule has 3 unspecified atom stereocenters. The van der Waals surface area contributed by atoms with E-state index in [1.54, 1.807) is 0 Å². The predicted octanol–water partition coefficient (Wildman–Crippen LogP) is 2.15. The largest absolute Gasteiger partial charge is 0.464 e. The highest BCUT2D eigenvalue weighted by Crippen LogP contribution is 2.30. The molecule has 0 aromatic heterocycles. The van der Waals surface area contributed by atoms with Crippen molar-refractivity contribution in [2.75, 3.05) is 0 Å². The molecular formula is C10H16O2. The molecule has 0 aliphatic heterocycles. The Hall–Kier alpha value is -0.790. The molecule has 2 nitrogen and oxygen atoms in total. The zero-order valence-electron chi connectivity index (χ0n) is 7.53. The highest BCUT2D eigenvalue weighted by molar-refractivity contribution is 5.37. The van der Waals surface area contributed by atoms with Crippen LogP contribution in [0.25, 0.3) is 0 Å². The van der Waals surface area contributed by atoms with Crippen molar-refractivity contribution >= 4 is 6.47 Å². The molecule has 0 aromatic rings. The molecule has 0 saturated heterocycles. The maximum absolute atomic E-state index is 10.2. The average molecular weight is 168 g/mol. The molecule has 0 heterocycles. The minimum atomic E-state index is 0.0729. The molecule has 1 saturated carbocycles. The normalized spacial score (nSPS) is 35.6. The second-order valence-corrected chi connectivity index (χ2v) is 3.59. The molecule has 3 atom stereocenters. The Morgan fingerprint density at radius 2 is 2.25 bits per heavy atom. The molecule has 1 fully saturated rings. The number of ether oxygens (including phenoxy) is 1. The molecule has 0 aromatic carbocycles. The number of rotatable bonds is 3. The molecule has 2 heteroatoms. The van der Waals surface area contributed by atoms with E-state index in [1.807, 2.05) is 6.08 Å². The van der Waals surface area contributed by atoms with Crippen molar-refractivity contribution in [3.05, 3.63) is 12.7 Å². The van der Waals surface area contributed by atoms with Crippen LogP contribution in [-0.2, 0) is 9.53 Å². The molecule has 0 spiro atoms. The van der Waals surface area contributed by atoms with E-state index in [9.17, 15) is 4.79 Å². The standard InChI is InChI=1S/C10H16O2/c1-3-9-5-4-8(2)6-10(9)12-7-11/h3,7-10H,1,4-6H2,2H3. The molecule has 1 rings (SSSR count). The van der Waals surface area contributed by atoms with E-state index in [0.29, 0.717) is 18.3 Å². The van der Waals surface area contributed by atoms with Crippen molar-refractivity contribution in [3.63, 3.8) is 0 Å². The third kappa shape index (κ3) is 2.10. The molecular weight excluding hydrogens is 152 g/mol. The van der Waals surface area contributed by atoms with Crippen LogP contribution in [0.1, 0.15) is 26.2 Å². The lowest BCUT2D eigenvalue weighted by Gasteiger charge is -2.31.